The SMILES string of the molecule is CC(C)[Si](O[C@@H](C)/C=N/C(=C/Br)O[Si](C)(C)C)(C(C)C)C(C)C. The Bertz CT molecular complexity index is 394. The average molecular weight is 423 g/mol. The lowest BCUT2D eigenvalue weighted by Crippen LogP contribution is -2.50. The molecule has 0 aliphatic heterocycles. The number of halogens is 1. The van der Waals surface area contributed by atoms with Gasteiger partial charge in [-0.15, -0.1) is 0 Å². The van der Waals surface area contributed by atoms with Gasteiger partial charge in [0, 0.05) is 11.2 Å². The Balaban J connectivity index is 5.16. The summed E-state index contributed by atoms with van der Waals surface area (Å²) in [6.07, 6.45) is 1.86. The predicted octanol–water partition coefficient (Wildman–Crippen LogP) is 6.68. The molecule has 0 radical (unpaired) electrons. The highest BCUT2D eigenvalue weighted by Gasteiger charge is 2.45. The standard InChI is InChI=1S/C17H36BrNO2Si2/c1-13(2)23(14(3)4,15(5)6)20-16(7)12-19-17(11-18)21-22(8,9)10/h11-16H,1-10H3/b17-11-,19-12+/t16-/m0/s1. The smallest absolute Gasteiger partial charge is 0.244 e. The summed E-state index contributed by atoms with van der Waals surface area (Å²) in [6.45, 7) is 22.3. The predicted molar refractivity (Wildman–Crippen MR) is 112 cm³/mol. The van der Waals surface area contributed by atoms with Crippen molar-refractivity contribution < 1.29 is 8.85 Å². The van der Waals surface area contributed by atoms with Crippen molar-refractivity contribution in [2.24, 2.45) is 4.99 Å². The Hall–Kier alpha value is 0.0838. The van der Waals surface area contributed by atoms with E-state index in [0.717, 1.165) is 0 Å². The van der Waals surface area contributed by atoms with Crippen molar-refractivity contribution in [3.63, 3.8) is 0 Å². The normalized spacial score (nSPS) is 16.0. The molecule has 0 aliphatic rings. The zero-order chi connectivity index (χ0) is 18.4. The molecule has 6 heteroatoms. The van der Waals surface area contributed by atoms with Crippen LogP contribution in [0.1, 0.15) is 48.5 Å². The van der Waals surface area contributed by atoms with Gasteiger partial charge in [-0.1, -0.05) is 57.5 Å². The Kier molecular flexibility index (Phi) is 9.57. The van der Waals surface area contributed by atoms with E-state index in [2.05, 4.69) is 89.0 Å². The molecule has 136 valence electrons. The molecule has 0 fully saturated rings. The van der Waals surface area contributed by atoms with Crippen LogP contribution in [0, 0.1) is 0 Å². The van der Waals surface area contributed by atoms with E-state index < -0.39 is 16.6 Å². The molecule has 0 saturated heterocycles. The molecule has 0 rings (SSSR count). The van der Waals surface area contributed by atoms with Crippen molar-refractivity contribution in [1.29, 1.82) is 0 Å². The number of rotatable bonds is 9. The van der Waals surface area contributed by atoms with Crippen molar-refractivity contribution in [1.82, 2.24) is 0 Å². The summed E-state index contributed by atoms with van der Waals surface area (Å²) in [7, 11) is -3.53. The topological polar surface area (TPSA) is 30.8 Å². The Morgan fingerprint density at radius 3 is 1.65 bits per heavy atom. The van der Waals surface area contributed by atoms with E-state index in [4.69, 9.17) is 8.85 Å². The molecule has 0 aromatic rings. The summed E-state index contributed by atoms with van der Waals surface area (Å²) in [5, 5.41) is 0. The minimum absolute atomic E-state index is 0.0125. The van der Waals surface area contributed by atoms with Crippen molar-refractivity contribution in [2.75, 3.05) is 0 Å². The van der Waals surface area contributed by atoms with Gasteiger partial charge in [0.15, 0.2) is 0 Å². The van der Waals surface area contributed by atoms with Crippen molar-refractivity contribution >= 4 is 38.8 Å². The van der Waals surface area contributed by atoms with Gasteiger partial charge in [-0.3, -0.25) is 0 Å². The Morgan fingerprint density at radius 2 is 1.35 bits per heavy atom. The third-order valence-corrected chi connectivity index (χ3v) is 11.4. The molecule has 0 aromatic carbocycles. The summed E-state index contributed by atoms with van der Waals surface area (Å²) in [5.41, 5.74) is 1.72. The van der Waals surface area contributed by atoms with Crippen LogP contribution in [0.25, 0.3) is 0 Å². The molecule has 0 amide bonds. The molecular formula is C17H36BrNO2Si2. The molecule has 23 heavy (non-hydrogen) atoms. The van der Waals surface area contributed by atoms with Crippen LogP contribution in [0.2, 0.25) is 36.3 Å². The highest BCUT2D eigenvalue weighted by molar-refractivity contribution is 9.11. The maximum absolute atomic E-state index is 6.65. The van der Waals surface area contributed by atoms with Crippen LogP contribution in [0.4, 0.5) is 0 Å². The monoisotopic (exact) mass is 421 g/mol. The molecule has 1 atom stereocenters. The Labute approximate surface area is 154 Å². The fraction of sp³-hybridized carbons (Fsp3) is 0.824. The largest absolute Gasteiger partial charge is 0.531 e. The zero-order valence-electron chi connectivity index (χ0n) is 16.6. The maximum atomic E-state index is 6.65. The first-order chi connectivity index (χ1) is 10.4. The number of aliphatic imine (C=N–C) groups is 1. The molecule has 0 N–H and O–H groups in total. The van der Waals surface area contributed by atoms with Crippen LogP contribution in [-0.4, -0.2) is 29.0 Å². The molecule has 0 unspecified atom stereocenters. The minimum atomic E-state index is -1.87. The van der Waals surface area contributed by atoms with Gasteiger partial charge in [0.1, 0.15) is 0 Å². The molecular weight excluding hydrogens is 386 g/mol. The van der Waals surface area contributed by atoms with Gasteiger partial charge < -0.3 is 8.85 Å². The van der Waals surface area contributed by atoms with Gasteiger partial charge in [0.25, 0.3) is 0 Å². The summed E-state index contributed by atoms with van der Waals surface area (Å²) in [4.78, 5) is 6.23. The van der Waals surface area contributed by atoms with Crippen LogP contribution in [-0.2, 0) is 8.85 Å². The third-order valence-electron chi connectivity index (χ3n) is 4.01. The van der Waals surface area contributed by atoms with Crippen LogP contribution in [0.15, 0.2) is 15.9 Å². The van der Waals surface area contributed by atoms with E-state index in [1.807, 2.05) is 6.21 Å². The Morgan fingerprint density at radius 1 is 0.913 bits per heavy atom. The molecule has 0 aliphatic carbocycles. The first-order valence-electron chi connectivity index (χ1n) is 8.58. The third kappa shape index (κ3) is 7.24. The van der Waals surface area contributed by atoms with E-state index in [0.29, 0.717) is 22.5 Å². The first kappa shape index (κ1) is 23.1. The van der Waals surface area contributed by atoms with E-state index in [-0.39, 0.29) is 6.10 Å². The van der Waals surface area contributed by atoms with E-state index in [9.17, 15) is 0 Å². The highest BCUT2D eigenvalue weighted by Crippen LogP contribution is 2.42. The fourth-order valence-corrected chi connectivity index (χ4v) is 9.97. The van der Waals surface area contributed by atoms with Gasteiger partial charge in [-0.2, -0.15) is 0 Å². The van der Waals surface area contributed by atoms with Gasteiger partial charge in [-0.25, -0.2) is 4.99 Å². The van der Waals surface area contributed by atoms with Crippen molar-refractivity contribution in [3.8, 4) is 0 Å². The number of hydrogen-bond donors (Lipinski definition) is 0. The van der Waals surface area contributed by atoms with Crippen LogP contribution in [0.3, 0.4) is 0 Å². The van der Waals surface area contributed by atoms with E-state index >= 15 is 0 Å². The summed E-state index contributed by atoms with van der Waals surface area (Å²) in [6, 6.07) is 0. The fourth-order valence-electron chi connectivity index (χ4n) is 3.33. The number of hydrogen-bond acceptors (Lipinski definition) is 3. The van der Waals surface area contributed by atoms with Crippen LogP contribution < -0.4 is 0 Å². The first-order valence-corrected chi connectivity index (χ1v) is 15.0. The molecule has 0 bridgehead atoms. The van der Waals surface area contributed by atoms with Gasteiger partial charge in [0.05, 0.1) is 6.10 Å². The second kappa shape index (κ2) is 9.54. The van der Waals surface area contributed by atoms with Gasteiger partial charge >= 0.3 is 0 Å². The van der Waals surface area contributed by atoms with Crippen LogP contribution >= 0.6 is 15.9 Å². The molecule has 0 saturated carbocycles. The lowest BCUT2D eigenvalue weighted by atomic mass is 10.5. The summed E-state index contributed by atoms with van der Waals surface area (Å²) in [5.74, 6) is 0.630. The lowest BCUT2D eigenvalue weighted by molar-refractivity contribution is 0.253. The molecule has 0 spiro atoms. The second-order valence-electron chi connectivity index (χ2n) is 8.08. The van der Waals surface area contributed by atoms with Gasteiger partial charge in [-0.05, 0) is 43.2 Å². The summed E-state index contributed by atoms with van der Waals surface area (Å²) < 4.78 is 12.6. The maximum Gasteiger partial charge on any atom is 0.244 e. The van der Waals surface area contributed by atoms with E-state index in [1.165, 1.54) is 0 Å². The summed E-state index contributed by atoms with van der Waals surface area (Å²) >= 11 is 3.34. The zero-order valence-corrected chi connectivity index (χ0v) is 20.2. The molecule has 3 nitrogen and oxygen atoms in total. The van der Waals surface area contributed by atoms with E-state index in [1.54, 1.807) is 4.99 Å². The quantitative estimate of drug-likeness (QED) is 0.236. The molecule has 0 aromatic heterocycles. The van der Waals surface area contributed by atoms with Crippen LogP contribution in [0.5, 0.6) is 0 Å². The second-order valence-corrected chi connectivity index (χ2v) is 18.4. The average Bonchev–Trinajstić information content (AvgIpc) is 2.38. The highest BCUT2D eigenvalue weighted by atomic mass is 79.9. The van der Waals surface area contributed by atoms with Crippen molar-refractivity contribution in [3.05, 3.63) is 10.9 Å². The molecule has 0 heterocycles. The minimum Gasteiger partial charge on any atom is -0.531 e. The van der Waals surface area contributed by atoms with Gasteiger partial charge in [0.2, 0.25) is 22.5 Å². The lowest BCUT2D eigenvalue weighted by Gasteiger charge is -2.43. The van der Waals surface area contributed by atoms with Crippen molar-refractivity contribution in [2.45, 2.75) is 90.8 Å². The number of nitrogens with zero attached hydrogens (tertiary/aromatic N) is 1.